The Hall–Kier alpha value is -1.36. The van der Waals surface area contributed by atoms with Crippen LogP contribution in [0.3, 0.4) is 0 Å². The second kappa shape index (κ2) is 8.32. The lowest BCUT2D eigenvalue weighted by Gasteiger charge is -2.33. The van der Waals surface area contributed by atoms with Gasteiger partial charge in [0, 0.05) is 45.3 Å². The molecule has 0 aliphatic carbocycles. The third-order valence-electron chi connectivity index (χ3n) is 4.76. The average molecular weight is 307 g/mol. The molecule has 1 unspecified atom stereocenters. The van der Waals surface area contributed by atoms with Crippen molar-refractivity contribution < 1.29 is 9.53 Å². The number of nitrogens with one attached hydrogen (secondary N) is 1. The second-order valence-electron chi connectivity index (χ2n) is 6.40. The molecule has 1 aromatic rings. The Morgan fingerprint density at radius 3 is 2.95 bits per heavy atom. The maximum atomic E-state index is 12.4. The van der Waals surface area contributed by atoms with E-state index in [1.165, 1.54) is 12.0 Å². The number of aromatic nitrogens is 2. The number of carbonyl (C=O) groups is 1. The van der Waals surface area contributed by atoms with Crippen LogP contribution in [0.1, 0.15) is 49.1 Å². The first kappa shape index (κ1) is 17.0. The molecule has 1 amide bonds. The maximum absolute atomic E-state index is 12.4. The topological polar surface area (TPSA) is 58.2 Å². The monoisotopic (exact) mass is 307 g/mol. The highest BCUT2D eigenvalue weighted by Gasteiger charge is 2.23. The molecule has 22 heavy (non-hydrogen) atoms. The summed E-state index contributed by atoms with van der Waals surface area (Å²) in [6.45, 7) is 6.73. The number of piperidine rings is 1. The molecule has 1 atom stereocenters. The van der Waals surface area contributed by atoms with Crippen LogP contribution in [0.25, 0.3) is 0 Å². The van der Waals surface area contributed by atoms with Crippen molar-refractivity contribution in [3.05, 3.63) is 17.0 Å². The maximum Gasteiger partial charge on any atom is 0.222 e. The van der Waals surface area contributed by atoms with Crippen LogP contribution in [0.2, 0.25) is 0 Å². The number of nitrogens with zero attached hydrogens (tertiary/aromatic N) is 2. The number of rotatable bonds is 7. The van der Waals surface area contributed by atoms with Crippen molar-refractivity contribution in [2.75, 3.05) is 26.8 Å². The molecule has 5 nitrogen and oxygen atoms in total. The lowest BCUT2D eigenvalue weighted by molar-refractivity contribution is -0.133. The number of H-pyrrole nitrogens is 1. The zero-order chi connectivity index (χ0) is 15.9. The highest BCUT2D eigenvalue weighted by molar-refractivity contribution is 5.76. The summed E-state index contributed by atoms with van der Waals surface area (Å²) in [5.74, 6) is 0.915. The SMILES string of the molecule is COCCCC1CCCN(C(=O)CCc2n[nH]c(C)c2C)C1. The molecule has 0 bridgehead atoms. The van der Waals surface area contributed by atoms with Gasteiger partial charge in [-0.05, 0) is 51.0 Å². The minimum absolute atomic E-state index is 0.275. The summed E-state index contributed by atoms with van der Waals surface area (Å²) in [4.78, 5) is 14.5. The minimum atomic E-state index is 0.275. The van der Waals surface area contributed by atoms with E-state index >= 15 is 0 Å². The molecule has 1 aromatic heterocycles. The Bertz CT molecular complexity index is 484. The van der Waals surface area contributed by atoms with Gasteiger partial charge in [-0.1, -0.05) is 0 Å². The number of likely N-dealkylation sites (tertiary alicyclic amines) is 1. The molecular formula is C17H29N3O2. The van der Waals surface area contributed by atoms with Crippen LogP contribution in [-0.2, 0) is 16.0 Å². The number of aryl methyl sites for hydroxylation is 2. The molecule has 1 aliphatic rings. The van der Waals surface area contributed by atoms with E-state index in [1.807, 2.05) is 6.92 Å². The normalized spacial score (nSPS) is 18.7. The predicted octanol–water partition coefficient (Wildman–Crippen LogP) is 2.62. The van der Waals surface area contributed by atoms with E-state index in [-0.39, 0.29) is 5.91 Å². The molecular weight excluding hydrogens is 278 g/mol. The van der Waals surface area contributed by atoms with Gasteiger partial charge in [0.05, 0.1) is 5.69 Å². The number of hydrogen-bond donors (Lipinski definition) is 1. The minimum Gasteiger partial charge on any atom is -0.385 e. The first-order valence-corrected chi connectivity index (χ1v) is 8.39. The van der Waals surface area contributed by atoms with E-state index < -0.39 is 0 Å². The summed E-state index contributed by atoms with van der Waals surface area (Å²) < 4.78 is 5.12. The molecule has 0 spiro atoms. The van der Waals surface area contributed by atoms with Crippen LogP contribution >= 0.6 is 0 Å². The van der Waals surface area contributed by atoms with E-state index in [1.54, 1.807) is 7.11 Å². The van der Waals surface area contributed by atoms with Crippen LogP contribution in [0.4, 0.5) is 0 Å². The van der Waals surface area contributed by atoms with Crippen LogP contribution in [0.5, 0.6) is 0 Å². The van der Waals surface area contributed by atoms with E-state index in [4.69, 9.17) is 4.74 Å². The van der Waals surface area contributed by atoms with E-state index in [0.717, 1.165) is 56.8 Å². The first-order valence-electron chi connectivity index (χ1n) is 8.39. The summed E-state index contributed by atoms with van der Waals surface area (Å²) in [6.07, 6.45) is 5.93. The number of carbonyl (C=O) groups excluding carboxylic acids is 1. The molecule has 5 heteroatoms. The lowest BCUT2D eigenvalue weighted by Crippen LogP contribution is -2.40. The van der Waals surface area contributed by atoms with Crippen LogP contribution < -0.4 is 0 Å². The number of methoxy groups -OCH3 is 1. The Morgan fingerprint density at radius 2 is 2.27 bits per heavy atom. The number of ether oxygens (including phenoxy) is 1. The van der Waals surface area contributed by atoms with Crippen molar-refractivity contribution in [3.63, 3.8) is 0 Å². The molecule has 2 rings (SSSR count). The molecule has 2 heterocycles. The second-order valence-corrected chi connectivity index (χ2v) is 6.40. The largest absolute Gasteiger partial charge is 0.385 e. The highest BCUT2D eigenvalue weighted by Crippen LogP contribution is 2.22. The van der Waals surface area contributed by atoms with Crippen LogP contribution in [0.15, 0.2) is 0 Å². The van der Waals surface area contributed by atoms with Gasteiger partial charge in [0.25, 0.3) is 0 Å². The molecule has 0 aromatic carbocycles. The third kappa shape index (κ3) is 4.57. The molecule has 0 saturated carbocycles. The fourth-order valence-electron chi connectivity index (χ4n) is 3.21. The van der Waals surface area contributed by atoms with Gasteiger partial charge in [-0.15, -0.1) is 0 Å². The van der Waals surface area contributed by atoms with Crippen molar-refractivity contribution in [2.45, 2.75) is 52.4 Å². The van der Waals surface area contributed by atoms with Gasteiger partial charge < -0.3 is 9.64 Å². The van der Waals surface area contributed by atoms with Gasteiger partial charge in [-0.3, -0.25) is 9.89 Å². The Balaban J connectivity index is 1.78. The van der Waals surface area contributed by atoms with Gasteiger partial charge in [-0.25, -0.2) is 0 Å². The standard InChI is InChI=1S/C17H29N3O2/c1-13-14(2)18-19-16(13)8-9-17(21)20-10-4-6-15(12-20)7-5-11-22-3/h15H,4-12H2,1-3H3,(H,18,19). The fourth-order valence-corrected chi connectivity index (χ4v) is 3.21. The lowest BCUT2D eigenvalue weighted by atomic mass is 9.93. The van der Waals surface area contributed by atoms with Crippen molar-refractivity contribution in [2.24, 2.45) is 5.92 Å². The quantitative estimate of drug-likeness (QED) is 0.788. The van der Waals surface area contributed by atoms with Gasteiger partial charge in [0.1, 0.15) is 0 Å². The van der Waals surface area contributed by atoms with Crippen molar-refractivity contribution in [1.82, 2.24) is 15.1 Å². The number of amides is 1. The molecule has 1 aliphatic heterocycles. The summed E-state index contributed by atoms with van der Waals surface area (Å²) in [5, 5.41) is 7.28. The van der Waals surface area contributed by atoms with Gasteiger partial charge in [0.15, 0.2) is 0 Å². The van der Waals surface area contributed by atoms with Gasteiger partial charge in [0.2, 0.25) is 5.91 Å². The Labute approximate surface area is 133 Å². The van der Waals surface area contributed by atoms with Gasteiger partial charge in [-0.2, -0.15) is 5.10 Å². The van der Waals surface area contributed by atoms with Crippen LogP contribution in [-0.4, -0.2) is 47.8 Å². The van der Waals surface area contributed by atoms with E-state index in [2.05, 4.69) is 22.0 Å². The summed E-state index contributed by atoms with van der Waals surface area (Å²) in [7, 11) is 1.75. The number of hydrogen-bond acceptors (Lipinski definition) is 3. The highest BCUT2D eigenvalue weighted by atomic mass is 16.5. The molecule has 0 radical (unpaired) electrons. The fraction of sp³-hybridized carbons (Fsp3) is 0.765. The molecule has 1 N–H and O–H groups in total. The summed E-state index contributed by atoms with van der Waals surface area (Å²) in [6, 6.07) is 0. The molecule has 124 valence electrons. The zero-order valence-corrected chi connectivity index (χ0v) is 14.2. The van der Waals surface area contributed by atoms with Gasteiger partial charge >= 0.3 is 0 Å². The summed E-state index contributed by atoms with van der Waals surface area (Å²) in [5.41, 5.74) is 3.31. The zero-order valence-electron chi connectivity index (χ0n) is 14.2. The Morgan fingerprint density at radius 1 is 1.45 bits per heavy atom. The van der Waals surface area contributed by atoms with E-state index in [0.29, 0.717) is 12.3 Å². The molecule has 1 fully saturated rings. The van der Waals surface area contributed by atoms with Crippen molar-refractivity contribution >= 4 is 5.91 Å². The average Bonchev–Trinajstić information content (AvgIpc) is 2.85. The van der Waals surface area contributed by atoms with Crippen molar-refractivity contribution in [3.8, 4) is 0 Å². The Kier molecular flexibility index (Phi) is 6.43. The predicted molar refractivity (Wildman–Crippen MR) is 86.8 cm³/mol. The third-order valence-corrected chi connectivity index (χ3v) is 4.76. The number of aromatic amines is 1. The first-order chi connectivity index (χ1) is 10.6. The summed E-state index contributed by atoms with van der Waals surface area (Å²) >= 11 is 0. The van der Waals surface area contributed by atoms with Crippen molar-refractivity contribution in [1.29, 1.82) is 0 Å². The smallest absolute Gasteiger partial charge is 0.222 e. The van der Waals surface area contributed by atoms with Crippen LogP contribution in [0, 0.1) is 19.8 Å². The molecule has 1 saturated heterocycles. The van der Waals surface area contributed by atoms with E-state index in [9.17, 15) is 4.79 Å².